The monoisotopic (exact) mass is 418 g/mol. The first-order chi connectivity index (χ1) is 12.5. The first-order valence-electron chi connectivity index (χ1n) is 9.02. The zero-order chi connectivity index (χ0) is 18.1. The summed E-state index contributed by atoms with van der Waals surface area (Å²) < 4.78 is 14.4. The Labute approximate surface area is 159 Å². The number of halogens is 2. The molecule has 3 aliphatic heterocycles. The van der Waals surface area contributed by atoms with Crippen molar-refractivity contribution >= 4 is 38.4 Å². The number of anilines is 1. The van der Waals surface area contributed by atoms with Crippen LogP contribution in [0.3, 0.4) is 0 Å². The van der Waals surface area contributed by atoms with Gasteiger partial charge in [0.05, 0.1) is 21.9 Å². The average Bonchev–Trinajstić information content (AvgIpc) is 2.84. The van der Waals surface area contributed by atoms with Crippen molar-refractivity contribution in [3.8, 4) is 0 Å². The molecule has 2 fully saturated rings. The van der Waals surface area contributed by atoms with Gasteiger partial charge in [-0.1, -0.05) is 0 Å². The molecule has 1 aromatic heterocycles. The first-order valence-corrected chi connectivity index (χ1v) is 9.82. The molecular weight excluding hydrogens is 399 g/mol. The van der Waals surface area contributed by atoms with Gasteiger partial charge in [-0.15, -0.1) is 0 Å². The number of rotatable bonds is 1. The van der Waals surface area contributed by atoms with Crippen LogP contribution in [-0.2, 0) is 10.2 Å². The number of carbonyl (C=O) groups is 1. The number of piperidine rings is 1. The predicted octanol–water partition coefficient (Wildman–Crippen LogP) is 2.42. The van der Waals surface area contributed by atoms with E-state index in [4.69, 9.17) is 0 Å². The van der Waals surface area contributed by atoms with Gasteiger partial charge in [-0.05, 0) is 47.9 Å². The zero-order valence-corrected chi connectivity index (χ0v) is 16.1. The van der Waals surface area contributed by atoms with Crippen LogP contribution in [0.5, 0.6) is 0 Å². The number of likely N-dealkylation sites (N-methyl/N-ethyl adjacent to an activating group) is 1. The Morgan fingerprint density at radius 3 is 2.77 bits per heavy atom. The molecule has 0 unspecified atom stereocenters. The Kier molecular flexibility index (Phi) is 3.64. The van der Waals surface area contributed by atoms with E-state index in [0.29, 0.717) is 16.0 Å². The van der Waals surface area contributed by atoms with E-state index in [1.807, 2.05) is 7.05 Å². The van der Waals surface area contributed by atoms with E-state index < -0.39 is 5.41 Å². The van der Waals surface area contributed by atoms with Gasteiger partial charge >= 0.3 is 0 Å². The van der Waals surface area contributed by atoms with Gasteiger partial charge in [0.1, 0.15) is 11.2 Å². The molecule has 0 radical (unpaired) electrons. The summed E-state index contributed by atoms with van der Waals surface area (Å²) in [6, 6.07) is 3.76. The number of pyridine rings is 1. The number of nitrogens with one attached hydrogen (secondary N) is 1. The fourth-order valence-electron chi connectivity index (χ4n) is 4.84. The number of amides is 1. The van der Waals surface area contributed by atoms with Crippen LogP contribution >= 0.6 is 15.9 Å². The van der Waals surface area contributed by atoms with E-state index in [1.165, 1.54) is 6.07 Å². The molecule has 4 heterocycles. The van der Waals surface area contributed by atoms with E-state index in [1.54, 1.807) is 17.2 Å². The smallest absolute Gasteiger partial charge is 0.240 e. The molecular formula is C19H20BrFN4O. The highest BCUT2D eigenvalue weighted by atomic mass is 79.9. The summed E-state index contributed by atoms with van der Waals surface area (Å²) in [5, 5.41) is 4.27. The van der Waals surface area contributed by atoms with Crippen molar-refractivity contribution in [3.05, 3.63) is 34.2 Å². The summed E-state index contributed by atoms with van der Waals surface area (Å²) >= 11 is 3.29. The fraction of sp³-hybridized carbons (Fsp3) is 0.474. The van der Waals surface area contributed by atoms with Crippen LogP contribution in [0.4, 0.5) is 10.1 Å². The van der Waals surface area contributed by atoms with E-state index in [-0.39, 0.29) is 11.7 Å². The normalized spacial score (nSPS) is 22.9. The first kappa shape index (κ1) is 16.6. The Balaban J connectivity index is 1.60. The van der Waals surface area contributed by atoms with E-state index in [0.717, 1.165) is 55.7 Å². The van der Waals surface area contributed by atoms with Gasteiger partial charge in [0.15, 0.2) is 0 Å². The lowest BCUT2D eigenvalue weighted by atomic mass is 9.72. The molecule has 5 rings (SSSR count). The molecule has 5 nitrogen and oxygen atoms in total. The number of hydrogen-bond donors (Lipinski definition) is 1. The lowest BCUT2D eigenvalue weighted by Crippen LogP contribution is -2.67. The lowest BCUT2D eigenvalue weighted by molar-refractivity contribution is -0.130. The van der Waals surface area contributed by atoms with E-state index in [2.05, 4.69) is 31.1 Å². The quantitative estimate of drug-likeness (QED) is 0.772. The number of fused-ring (bicyclic) bond motifs is 4. The summed E-state index contributed by atoms with van der Waals surface area (Å²) in [6.07, 6.45) is 3.96. The van der Waals surface area contributed by atoms with Gasteiger partial charge < -0.3 is 10.2 Å². The molecule has 1 aromatic carbocycles. The molecule has 1 amide bonds. The third-order valence-corrected chi connectivity index (χ3v) is 6.82. The van der Waals surface area contributed by atoms with Crippen molar-refractivity contribution in [2.45, 2.75) is 24.3 Å². The molecule has 0 saturated carbocycles. The molecule has 136 valence electrons. The van der Waals surface area contributed by atoms with Crippen molar-refractivity contribution in [1.29, 1.82) is 0 Å². The van der Waals surface area contributed by atoms with Crippen LogP contribution in [0.2, 0.25) is 0 Å². The number of hydrogen-bond acceptors (Lipinski definition) is 4. The molecule has 0 aliphatic carbocycles. The zero-order valence-electron chi connectivity index (χ0n) is 14.6. The Hall–Kier alpha value is -1.57. The van der Waals surface area contributed by atoms with Crippen molar-refractivity contribution in [2.24, 2.45) is 0 Å². The molecule has 2 aromatic rings. The largest absolute Gasteiger partial charge is 0.317 e. The van der Waals surface area contributed by atoms with Gasteiger partial charge in [-0.2, -0.15) is 0 Å². The molecule has 1 spiro atoms. The van der Waals surface area contributed by atoms with Gasteiger partial charge in [-0.3, -0.25) is 14.7 Å². The second kappa shape index (κ2) is 5.71. The highest BCUT2D eigenvalue weighted by molar-refractivity contribution is 9.10. The van der Waals surface area contributed by atoms with Crippen molar-refractivity contribution < 1.29 is 9.18 Å². The van der Waals surface area contributed by atoms with Crippen LogP contribution in [0, 0.1) is 5.82 Å². The second-order valence-electron chi connectivity index (χ2n) is 7.63. The van der Waals surface area contributed by atoms with Gasteiger partial charge in [0, 0.05) is 43.2 Å². The minimum Gasteiger partial charge on any atom is -0.317 e. The summed E-state index contributed by atoms with van der Waals surface area (Å²) in [4.78, 5) is 21.7. The number of likely N-dealkylation sites (tertiary alicyclic amines) is 1. The van der Waals surface area contributed by atoms with Crippen LogP contribution in [-0.4, -0.2) is 55.1 Å². The maximum absolute atomic E-state index is 14.0. The van der Waals surface area contributed by atoms with Crippen LogP contribution in [0.25, 0.3) is 10.9 Å². The Morgan fingerprint density at radius 2 is 2.04 bits per heavy atom. The minimum atomic E-state index is -0.520. The number of aromatic nitrogens is 1. The molecule has 0 atom stereocenters. The SMILES string of the molecule is CN1C(=O)C2(CN(C3CCNCC3)C2)c2c1cnc1cc(F)c(Br)cc21. The average molecular weight is 419 g/mol. The summed E-state index contributed by atoms with van der Waals surface area (Å²) in [7, 11) is 1.81. The van der Waals surface area contributed by atoms with Crippen LogP contribution in [0.1, 0.15) is 18.4 Å². The molecule has 1 N–H and O–H groups in total. The molecule has 0 bridgehead atoms. The summed E-state index contributed by atoms with van der Waals surface area (Å²) in [5.41, 5.74) is 1.95. The van der Waals surface area contributed by atoms with Crippen LogP contribution < -0.4 is 10.2 Å². The number of nitrogens with zero attached hydrogens (tertiary/aromatic N) is 3. The number of benzene rings is 1. The van der Waals surface area contributed by atoms with Gasteiger partial charge in [0.25, 0.3) is 0 Å². The second-order valence-corrected chi connectivity index (χ2v) is 8.49. The van der Waals surface area contributed by atoms with E-state index >= 15 is 0 Å². The summed E-state index contributed by atoms with van der Waals surface area (Å²) in [6.45, 7) is 3.55. The number of carbonyl (C=O) groups excluding carboxylic acids is 1. The maximum Gasteiger partial charge on any atom is 0.240 e. The minimum absolute atomic E-state index is 0.132. The van der Waals surface area contributed by atoms with E-state index in [9.17, 15) is 9.18 Å². The van der Waals surface area contributed by atoms with Crippen molar-refractivity contribution in [3.63, 3.8) is 0 Å². The van der Waals surface area contributed by atoms with Gasteiger partial charge in [-0.25, -0.2) is 4.39 Å². The Bertz CT molecular complexity index is 921. The highest BCUT2D eigenvalue weighted by Crippen LogP contribution is 2.50. The molecule has 3 aliphatic rings. The fourth-order valence-corrected chi connectivity index (χ4v) is 5.19. The molecule has 7 heteroatoms. The molecule has 26 heavy (non-hydrogen) atoms. The molecule has 2 saturated heterocycles. The van der Waals surface area contributed by atoms with Crippen molar-refractivity contribution in [1.82, 2.24) is 15.2 Å². The Morgan fingerprint density at radius 1 is 1.31 bits per heavy atom. The topological polar surface area (TPSA) is 48.5 Å². The third kappa shape index (κ3) is 2.14. The van der Waals surface area contributed by atoms with Gasteiger partial charge in [0.2, 0.25) is 5.91 Å². The summed E-state index contributed by atoms with van der Waals surface area (Å²) in [5.74, 6) is -0.200. The maximum atomic E-state index is 14.0. The predicted molar refractivity (Wildman–Crippen MR) is 102 cm³/mol. The van der Waals surface area contributed by atoms with Crippen molar-refractivity contribution in [2.75, 3.05) is 38.1 Å². The highest BCUT2D eigenvalue weighted by Gasteiger charge is 2.59. The third-order valence-electron chi connectivity index (χ3n) is 6.22. The van der Waals surface area contributed by atoms with Crippen LogP contribution in [0.15, 0.2) is 22.8 Å². The lowest BCUT2D eigenvalue weighted by Gasteiger charge is -2.51. The standard InChI is InChI=1S/C19H20BrFN4O/c1-24-16-8-23-15-7-14(21)13(20)6-12(15)17(16)19(18(24)26)9-25(10-19)11-2-4-22-5-3-11/h6-8,11,22H,2-5,9-10H2,1H3.